The number of carbonyl (C=O) groups excluding carboxylic acids is 1. The van der Waals surface area contributed by atoms with Crippen LogP contribution in [-0.4, -0.2) is 22.4 Å². The van der Waals surface area contributed by atoms with Crippen molar-refractivity contribution >= 4 is 17.5 Å². The van der Waals surface area contributed by atoms with Gasteiger partial charge < -0.3 is 10.6 Å². The van der Waals surface area contributed by atoms with Crippen molar-refractivity contribution in [2.45, 2.75) is 26.7 Å². The van der Waals surface area contributed by atoms with Crippen molar-refractivity contribution in [2.24, 2.45) is 0 Å². The van der Waals surface area contributed by atoms with Gasteiger partial charge in [-0.3, -0.25) is 4.79 Å². The molecule has 23 heavy (non-hydrogen) atoms. The van der Waals surface area contributed by atoms with E-state index in [1.807, 2.05) is 19.9 Å². The van der Waals surface area contributed by atoms with Gasteiger partial charge in [0.15, 0.2) is 0 Å². The van der Waals surface area contributed by atoms with Crippen molar-refractivity contribution in [3.05, 3.63) is 47.3 Å². The first-order valence-electron chi connectivity index (χ1n) is 7.25. The highest BCUT2D eigenvalue weighted by atomic mass is 19.1. The van der Waals surface area contributed by atoms with Crippen molar-refractivity contribution < 1.29 is 13.6 Å². The Morgan fingerprint density at radius 1 is 1.13 bits per heavy atom. The Labute approximate surface area is 133 Å². The molecule has 0 saturated carbocycles. The van der Waals surface area contributed by atoms with E-state index >= 15 is 0 Å². The third-order valence-electron chi connectivity index (χ3n) is 3.05. The highest BCUT2D eigenvalue weighted by Crippen LogP contribution is 2.15. The second-order valence-electron chi connectivity index (χ2n) is 5.18. The maximum Gasteiger partial charge on any atom is 0.224 e. The van der Waals surface area contributed by atoms with E-state index in [4.69, 9.17) is 0 Å². The Hall–Kier alpha value is -2.57. The van der Waals surface area contributed by atoms with Crippen molar-refractivity contribution in [3.63, 3.8) is 0 Å². The topological polar surface area (TPSA) is 66.9 Å². The molecule has 1 amide bonds. The quantitative estimate of drug-likeness (QED) is 0.802. The van der Waals surface area contributed by atoms with Crippen molar-refractivity contribution in [1.82, 2.24) is 9.97 Å². The number of aromatic nitrogens is 2. The van der Waals surface area contributed by atoms with Crippen LogP contribution in [0.3, 0.4) is 0 Å². The molecular weight excluding hydrogens is 302 g/mol. The lowest BCUT2D eigenvalue weighted by Gasteiger charge is -2.08. The summed E-state index contributed by atoms with van der Waals surface area (Å²) in [6.45, 7) is 4.28. The molecule has 1 aromatic carbocycles. The number of hydrogen-bond donors (Lipinski definition) is 2. The molecule has 0 radical (unpaired) electrons. The van der Waals surface area contributed by atoms with Gasteiger partial charge in [-0.1, -0.05) is 0 Å². The SMILES string of the molecule is Cc1cc(C)nc(NCCCC(=O)Nc2ccc(F)cc2F)n1. The Bertz CT molecular complexity index is 686. The second kappa shape index (κ2) is 7.62. The van der Waals surface area contributed by atoms with E-state index in [1.54, 1.807) is 0 Å². The third kappa shape index (κ3) is 5.28. The van der Waals surface area contributed by atoms with Crippen LogP contribution in [0.5, 0.6) is 0 Å². The van der Waals surface area contributed by atoms with Crippen LogP contribution in [0.2, 0.25) is 0 Å². The standard InChI is InChI=1S/C16H18F2N4O/c1-10-8-11(2)21-16(20-10)19-7-3-4-15(23)22-14-6-5-12(17)9-13(14)18/h5-6,8-9H,3-4,7H2,1-2H3,(H,22,23)(H,19,20,21). The zero-order chi connectivity index (χ0) is 16.8. The molecule has 5 nitrogen and oxygen atoms in total. The second-order valence-corrected chi connectivity index (χ2v) is 5.18. The average Bonchev–Trinajstić information content (AvgIpc) is 2.46. The number of anilines is 2. The van der Waals surface area contributed by atoms with Crippen LogP contribution in [-0.2, 0) is 4.79 Å². The zero-order valence-electron chi connectivity index (χ0n) is 13.0. The number of halogens is 2. The van der Waals surface area contributed by atoms with Crippen LogP contribution >= 0.6 is 0 Å². The summed E-state index contributed by atoms with van der Waals surface area (Å²) in [5.74, 6) is -1.29. The summed E-state index contributed by atoms with van der Waals surface area (Å²) in [6.07, 6.45) is 0.736. The lowest BCUT2D eigenvalue weighted by molar-refractivity contribution is -0.116. The lowest BCUT2D eigenvalue weighted by atomic mass is 10.2. The Morgan fingerprint density at radius 2 is 1.83 bits per heavy atom. The molecule has 0 unspecified atom stereocenters. The van der Waals surface area contributed by atoms with E-state index in [2.05, 4.69) is 20.6 Å². The van der Waals surface area contributed by atoms with Gasteiger partial charge in [0.05, 0.1) is 5.69 Å². The first-order chi connectivity index (χ1) is 10.9. The van der Waals surface area contributed by atoms with Gasteiger partial charge in [-0.2, -0.15) is 0 Å². The van der Waals surface area contributed by atoms with Crippen LogP contribution in [0.15, 0.2) is 24.3 Å². The molecule has 1 heterocycles. The number of hydrogen-bond acceptors (Lipinski definition) is 4. The molecule has 0 aliphatic rings. The third-order valence-corrected chi connectivity index (χ3v) is 3.05. The maximum atomic E-state index is 13.4. The smallest absolute Gasteiger partial charge is 0.224 e. The van der Waals surface area contributed by atoms with Crippen LogP contribution in [0.25, 0.3) is 0 Å². The maximum absolute atomic E-state index is 13.4. The molecule has 0 fully saturated rings. The van der Waals surface area contributed by atoms with Gasteiger partial charge >= 0.3 is 0 Å². The first kappa shape index (κ1) is 16.8. The number of nitrogens with zero attached hydrogens (tertiary/aromatic N) is 2. The minimum atomic E-state index is -0.792. The minimum absolute atomic E-state index is 0.0259. The number of nitrogens with one attached hydrogen (secondary N) is 2. The molecule has 0 bridgehead atoms. The van der Waals surface area contributed by atoms with Crippen molar-refractivity contribution in [2.75, 3.05) is 17.2 Å². The van der Waals surface area contributed by atoms with Crippen LogP contribution < -0.4 is 10.6 Å². The highest BCUT2D eigenvalue weighted by Gasteiger charge is 2.08. The minimum Gasteiger partial charge on any atom is -0.354 e. The Kier molecular flexibility index (Phi) is 5.56. The predicted molar refractivity (Wildman–Crippen MR) is 84.2 cm³/mol. The summed E-state index contributed by atoms with van der Waals surface area (Å²) >= 11 is 0. The number of amides is 1. The van der Waals surface area contributed by atoms with Crippen LogP contribution in [0, 0.1) is 25.5 Å². The summed E-state index contributed by atoms with van der Waals surface area (Å²) in [5.41, 5.74) is 1.70. The molecule has 2 N–H and O–H groups in total. The summed E-state index contributed by atoms with van der Waals surface area (Å²) in [7, 11) is 0. The fourth-order valence-electron chi connectivity index (χ4n) is 2.06. The molecule has 0 spiro atoms. The number of aryl methyl sites for hydroxylation is 2. The van der Waals surface area contributed by atoms with E-state index in [1.165, 1.54) is 6.07 Å². The molecule has 2 rings (SSSR count). The molecule has 122 valence electrons. The van der Waals surface area contributed by atoms with E-state index < -0.39 is 11.6 Å². The van der Waals surface area contributed by atoms with Crippen molar-refractivity contribution in [1.29, 1.82) is 0 Å². The normalized spacial score (nSPS) is 10.4. The number of benzene rings is 1. The van der Waals surface area contributed by atoms with E-state index in [-0.39, 0.29) is 18.0 Å². The van der Waals surface area contributed by atoms with Crippen LogP contribution in [0.4, 0.5) is 20.4 Å². The van der Waals surface area contributed by atoms with E-state index in [0.29, 0.717) is 18.9 Å². The van der Waals surface area contributed by atoms with Gasteiger partial charge in [0, 0.05) is 30.4 Å². The van der Waals surface area contributed by atoms with E-state index in [0.717, 1.165) is 23.5 Å². The summed E-state index contributed by atoms with van der Waals surface area (Å²) in [4.78, 5) is 20.2. The fourth-order valence-corrected chi connectivity index (χ4v) is 2.06. The molecule has 0 aliphatic heterocycles. The highest BCUT2D eigenvalue weighted by molar-refractivity contribution is 5.90. The summed E-state index contributed by atoms with van der Waals surface area (Å²) in [6, 6.07) is 4.90. The lowest BCUT2D eigenvalue weighted by Crippen LogP contribution is -2.15. The number of rotatable bonds is 6. The Morgan fingerprint density at radius 3 is 2.48 bits per heavy atom. The molecule has 0 atom stereocenters. The van der Waals surface area contributed by atoms with Gasteiger partial charge in [-0.25, -0.2) is 18.7 Å². The van der Waals surface area contributed by atoms with Gasteiger partial charge in [0.1, 0.15) is 11.6 Å². The predicted octanol–water partition coefficient (Wildman–Crippen LogP) is 3.20. The summed E-state index contributed by atoms with van der Waals surface area (Å²) < 4.78 is 26.2. The van der Waals surface area contributed by atoms with E-state index in [9.17, 15) is 13.6 Å². The fraction of sp³-hybridized carbons (Fsp3) is 0.312. The van der Waals surface area contributed by atoms with Gasteiger partial charge in [-0.15, -0.1) is 0 Å². The molecule has 0 aliphatic carbocycles. The molecule has 7 heteroatoms. The zero-order valence-corrected chi connectivity index (χ0v) is 13.0. The van der Waals surface area contributed by atoms with Crippen molar-refractivity contribution in [3.8, 4) is 0 Å². The number of carbonyl (C=O) groups is 1. The molecule has 0 saturated heterocycles. The average molecular weight is 320 g/mol. The molecular formula is C16H18F2N4O. The first-order valence-corrected chi connectivity index (χ1v) is 7.25. The molecule has 2 aromatic rings. The van der Waals surface area contributed by atoms with Gasteiger partial charge in [-0.05, 0) is 38.5 Å². The molecule has 1 aromatic heterocycles. The monoisotopic (exact) mass is 320 g/mol. The van der Waals surface area contributed by atoms with Gasteiger partial charge in [0.25, 0.3) is 0 Å². The largest absolute Gasteiger partial charge is 0.354 e. The summed E-state index contributed by atoms with van der Waals surface area (Å²) in [5, 5.41) is 5.45. The Balaban J connectivity index is 1.76. The van der Waals surface area contributed by atoms with Crippen LogP contribution in [0.1, 0.15) is 24.2 Å². The van der Waals surface area contributed by atoms with Gasteiger partial charge in [0.2, 0.25) is 11.9 Å².